The van der Waals surface area contributed by atoms with Crippen molar-refractivity contribution in [2.24, 2.45) is 0 Å². The molecule has 8 heteroatoms. The summed E-state index contributed by atoms with van der Waals surface area (Å²) in [5, 5.41) is 6.75. The third kappa shape index (κ3) is 4.01. The van der Waals surface area contributed by atoms with Crippen LogP contribution in [-0.4, -0.2) is 21.8 Å². The van der Waals surface area contributed by atoms with Crippen molar-refractivity contribution >= 4 is 56.5 Å². The summed E-state index contributed by atoms with van der Waals surface area (Å²) >= 11 is 7.34. The van der Waals surface area contributed by atoms with Crippen LogP contribution in [0, 0.1) is 6.92 Å². The second-order valence-corrected chi connectivity index (χ2v) is 9.45. The molecule has 0 radical (unpaired) electrons. The van der Waals surface area contributed by atoms with Gasteiger partial charge >= 0.3 is 0 Å². The van der Waals surface area contributed by atoms with Gasteiger partial charge in [-0.15, -0.1) is 11.3 Å². The molecular formula is C24H21ClN4O2S. The van der Waals surface area contributed by atoms with Crippen LogP contribution in [0.2, 0.25) is 5.02 Å². The van der Waals surface area contributed by atoms with Crippen LogP contribution in [0.4, 0.5) is 10.7 Å². The largest absolute Gasteiger partial charge is 0.342 e. The lowest BCUT2D eigenvalue weighted by Crippen LogP contribution is -2.12. The Bertz CT molecular complexity index is 1340. The van der Waals surface area contributed by atoms with Gasteiger partial charge in [-0.25, -0.2) is 4.98 Å². The van der Waals surface area contributed by atoms with Gasteiger partial charge < -0.3 is 15.6 Å². The third-order valence-corrected chi connectivity index (χ3v) is 7.21. The number of imidazole rings is 1. The quantitative estimate of drug-likeness (QED) is 0.321. The van der Waals surface area contributed by atoms with Crippen molar-refractivity contribution in [3.8, 4) is 0 Å². The molecule has 0 spiro atoms. The molecule has 0 aliphatic heterocycles. The van der Waals surface area contributed by atoms with Crippen molar-refractivity contribution in [2.45, 2.75) is 32.1 Å². The first-order chi connectivity index (χ1) is 15.5. The lowest BCUT2D eigenvalue weighted by Gasteiger charge is -2.22. The first-order valence-electron chi connectivity index (χ1n) is 10.5. The standard InChI is InChI=1S/C24H21ClN4O2S/c1-13-11-20(29-23(30)16-7-2-3-8-17(16)25)32-21(13)24(31)26-15-9-10-18-19(12-15)28-22(27-18)14-5-4-6-14/h2-3,7-12,14H,4-6H2,1H3,(H,26,31)(H,27,28)(H,29,30). The van der Waals surface area contributed by atoms with Crippen LogP contribution < -0.4 is 10.6 Å². The van der Waals surface area contributed by atoms with Crippen molar-refractivity contribution in [3.63, 3.8) is 0 Å². The SMILES string of the molecule is Cc1cc(NC(=O)c2ccccc2Cl)sc1C(=O)Nc1ccc2nc(C3CCC3)[nH]c2c1. The topological polar surface area (TPSA) is 86.9 Å². The Morgan fingerprint density at radius 2 is 1.91 bits per heavy atom. The smallest absolute Gasteiger partial charge is 0.266 e. The van der Waals surface area contributed by atoms with Crippen LogP contribution in [-0.2, 0) is 0 Å². The highest BCUT2D eigenvalue weighted by molar-refractivity contribution is 7.18. The van der Waals surface area contributed by atoms with E-state index in [1.165, 1.54) is 30.6 Å². The normalized spacial score (nSPS) is 13.7. The van der Waals surface area contributed by atoms with Crippen molar-refractivity contribution in [2.75, 3.05) is 10.6 Å². The van der Waals surface area contributed by atoms with Gasteiger partial charge in [-0.3, -0.25) is 9.59 Å². The molecule has 0 bridgehead atoms. The van der Waals surface area contributed by atoms with Crippen molar-refractivity contribution < 1.29 is 9.59 Å². The van der Waals surface area contributed by atoms with Crippen molar-refractivity contribution in [3.05, 3.63) is 75.4 Å². The number of anilines is 2. The number of carbonyl (C=O) groups is 2. The van der Waals surface area contributed by atoms with E-state index < -0.39 is 0 Å². The number of aromatic amines is 1. The zero-order chi connectivity index (χ0) is 22.2. The number of benzene rings is 2. The maximum Gasteiger partial charge on any atom is 0.266 e. The second-order valence-electron chi connectivity index (χ2n) is 7.99. The molecule has 162 valence electrons. The van der Waals surface area contributed by atoms with Gasteiger partial charge in [0, 0.05) is 11.6 Å². The second kappa shape index (κ2) is 8.41. The summed E-state index contributed by atoms with van der Waals surface area (Å²) in [4.78, 5) is 34.0. The fraction of sp³-hybridized carbons (Fsp3) is 0.208. The number of aryl methyl sites for hydroxylation is 1. The Morgan fingerprint density at radius 3 is 2.66 bits per heavy atom. The van der Waals surface area contributed by atoms with Crippen molar-refractivity contribution in [1.82, 2.24) is 9.97 Å². The Kier molecular flexibility index (Phi) is 5.45. The highest BCUT2D eigenvalue weighted by atomic mass is 35.5. The number of thiophene rings is 1. The van der Waals surface area contributed by atoms with Crippen LogP contribution in [0.5, 0.6) is 0 Å². The van der Waals surface area contributed by atoms with Gasteiger partial charge in [0.05, 0.1) is 31.5 Å². The number of hydrogen-bond acceptors (Lipinski definition) is 4. The summed E-state index contributed by atoms with van der Waals surface area (Å²) in [6, 6.07) is 14.3. The van der Waals surface area contributed by atoms with E-state index >= 15 is 0 Å². The van der Waals surface area contributed by atoms with Crippen LogP contribution >= 0.6 is 22.9 Å². The summed E-state index contributed by atoms with van der Waals surface area (Å²) in [6.45, 7) is 1.85. The maximum absolute atomic E-state index is 12.9. The summed E-state index contributed by atoms with van der Waals surface area (Å²) in [7, 11) is 0. The van der Waals surface area contributed by atoms with Gasteiger partial charge in [-0.05, 0) is 61.7 Å². The van der Waals surface area contributed by atoms with E-state index in [1.54, 1.807) is 30.3 Å². The van der Waals surface area contributed by atoms with E-state index in [-0.39, 0.29) is 11.8 Å². The molecule has 4 aromatic rings. The van der Waals surface area contributed by atoms with E-state index in [9.17, 15) is 9.59 Å². The van der Waals surface area contributed by atoms with Crippen LogP contribution in [0.25, 0.3) is 11.0 Å². The minimum Gasteiger partial charge on any atom is -0.342 e. The number of H-pyrrole nitrogens is 1. The van der Waals surface area contributed by atoms with Gasteiger partial charge in [0.25, 0.3) is 11.8 Å². The average molecular weight is 465 g/mol. The molecule has 3 N–H and O–H groups in total. The van der Waals surface area contributed by atoms with Crippen LogP contribution in [0.15, 0.2) is 48.5 Å². The summed E-state index contributed by atoms with van der Waals surface area (Å²) in [5.74, 6) is 1.02. The highest BCUT2D eigenvalue weighted by Crippen LogP contribution is 2.36. The average Bonchev–Trinajstić information content (AvgIpc) is 3.29. The molecule has 0 atom stereocenters. The summed E-state index contributed by atoms with van der Waals surface area (Å²) in [6.07, 6.45) is 3.61. The van der Waals surface area contributed by atoms with E-state index in [0.29, 0.717) is 32.1 Å². The van der Waals surface area contributed by atoms with E-state index in [1.807, 2.05) is 25.1 Å². The molecule has 1 fully saturated rings. The number of hydrogen-bond donors (Lipinski definition) is 3. The predicted octanol–water partition coefficient (Wildman–Crippen LogP) is 6.36. The fourth-order valence-corrected chi connectivity index (χ4v) is 4.95. The third-order valence-electron chi connectivity index (χ3n) is 5.73. The maximum atomic E-state index is 12.9. The van der Waals surface area contributed by atoms with Crippen LogP contribution in [0.1, 0.15) is 56.6 Å². The van der Waals surface area contributed by atoms with Gasteiger partial charge in [-0.2, -0.15) is 0 Å². The summed E-state index contributed by atoms with van der Waals surface area (Å²) in [5.41, 5.74) is 3.69. The van der Waals surface area contributed by atoms with E-state index in [0.717, 1.165) is 22.4 Å². The lowest BCUT2D eigenvalue weighted by atomic mass is 9.85. The molecule has 2 aromatic heterocycles. The molecular weight excluding hydrogens is 444 g/mol. The number of nitrogens with one attached hydrogen (secondary N) is 3. The molecule has 5 rings (SSSR count). The number of nitrogens with zero attached hydrogens (tertiary/aromatic N) is 1. The molecule has 0 saturated heterocycles. The van der Waals surface area contributed by atoms with Crippen LogP contribution in [0.3, 0.4) is 0 Å². The number of amides is 2. The summed E-state index contributed by atoms with van der Waals surface area (Å²) < 4.78 is 0. The zero-order valence-corrected chi connectivity index (χ0v) is 18.9. The number of halogens is 1. The van der Waals surface area contributed by atoms with E-state index in [2.05, 4.69) is 20.6 Å². The first kappa shape index (κ1) is 20.7. The monoisotopic (exact) mass is 464 g/mol. The molecule has 2 aromatic carbocycles. The van der Waals surface area contributed by atoms with Gasteiger partial charge in [0.15, 0.2) is 0 Å². The zero-order valence-electron chi connectivity index (χ0n) is 17.4. The number of fused-ring (bicyclic) bond motifs is 1. The Balaban J connectivity index is 1.31. The first-order valence-corrected chi connectivity index (χ1v) is 11.6. The molecule has 1 aliphatic rings. The van der Waals surface area contributed by atoms with Gasteiger partial charge in [-0.1, -0.05) is 30.2 Å². The highest BCUT2D eigenvalue weighted by Gasteiger charge is 2.23. The molecule has 1 aliphatic carbocycles. The number of rotatable bonds is 5. The Hall–Kier alpha value is -3.16. The minimum absolute atomic E-state index is 0.219. The lowest BCUT2D eigenvalue weighted by molar-refractivity contribution is 0.102. The molecule has 2 amide bonds. The fourth-order valence-electron chi connectivity index (χ4n) is 3.76. The van der Waals surface area contributed by atoms with Crippen molar-refractivity contribution in [1.29, 1.82) is 0 Å². The Morgan fingerprint density at radius 1 is 1.09 bits per heavy atom. The molecule has 2 heterocycles. The molecule has 0 unspecified atom stereocenters. The molecule has 6 nitrogen and oxygen atoms in total. The number of aromatic nitrogens is 2. The van der Waals surface area contributed by atoms with Gasteiger partial charge in [0.1, 0.15) is 5.82 Å². The minimum atomic E-state index is -0.309. The van der Waals surface area contributed by atoms with Gasteiger partial charge in [0.2, 0.25) is 0 Å². The molecule has 1 saturated carbocycles. The predicted molar refractivity (Wildman–Crippen MR) is 129 cm³/mol. The molecule has 32 heavy (non-hydrogen) atoms. The van der Waals surface area contributed by atoms with E-state index in [4.69, 9.17) is 11.6 Å². The number of carbonyl (C=O) groups excluding carboxylic acids is 2. The Labute approximate surface area is 194 Å².